The molecule has 0 aliphatic carbocycles. The first-order chi connectivity index (χ1) is 7.99. The van der Waals surface area contributed by atoms with E-state index >= 15 is 0 Å². The molecule has 1 heterocycles. The molecule has 1 atom stereocenters. The third kappa shape index (κ3) is 2.57. The first-order valence-corrected chi connectivity index (χ1v) is 6.07. The highest BCUT2D eigenvalue weighted by atomic mass is 35.5. The first-order valence-electron chi connectivity index (χ1n) is 4.94. The van der Waals surface area contributed by atoms with Gasteiger partial charge in [-0.1, -0.05) is 23.2 Å². The molecule has 1 fully saturated rings. The molecule has 1 aliphatic rings. The maximum Gasteiger partial charge on any atom is 0.227 e. The summed E-state index contributed by atoms with van der Waals surface area (Å²) in [5.41, 5.74) is 0.518. The minimum atomic E-state index is -0.501. The Labute approximate surface area is 113 Å². The van der Waals surface area contributed by atoms with Gasteiger partial charge in [-0.2, -0.15) is 0 Å². The predicted molar refractivity (Wildman–Crippen MR) is 67.8 cm³/mol. The molecule has 0 N–H and O–H groups in total. The van der Waals surface area contributed by atoms with Crippen LogP contribution in [0.15, 0.2) is 18.2 Å². The van der Waals surface area contributed by atoms with E-state index in [-0.39, 0.29) is 18.9 Å². The summed E-state index contributed by atoms with van der Waals surface area (Å²) >= 11 is 17.2. The SMILES string of the molecule is O=C(Cl)[C@H]1CC(=O)N(c2cc(Cl)ccc2Cl)C1. The van der Waals surface area contributed by atoms with Crippen molar-refractivity contribution >= 4 is 51.6 Å². The molecular weight excluding hydrogens is 284 g/mol. The second-order valence-electron chi connectivity index (χ2n) is 3.81. The third-order valence-electron chi connectivity index (χ3n) is 2.64. The van der Waals surface area contributed by atoms with Crippen molar-refractivity contribution in [2.45, 2.75) is 6.42 Å². The largest absolute Gasteiger partial charge is 0.310 e. The average molecular weight is 293 g/mol. The van der Waals surface area contributed by atoms with Gasteiger partial charge < -0.3 is 4.90 Å². The molecule has 6 heteroatoms. The number of anilines is 1. The molecule has 1 amide bonds. The van der Waals surface area contributed by atoms with Crippen molar-refractivity contribution in [2.24, 2.45) is 5.92 Å². The lowest BCUT2D eigenvalue weighted by atomic mass is 10.1. The number of hydrogen-bond donors (Lipinski definition) is 0. The molecule has 0 spiro atoms. The molecule has 1 saturated heterocycles. The maximum atomic E-state index is 11.8. The van der Waals surface area contributed by atoms with Crippen molar-refractivity contribution in [3.63, 3.8) is 0 Å². The highest BCUT2D eigenvalue weighted by Gasteiger charge is 2.35. The minimum absolute atomic E-state index is 0.116. The predicted octanol–water partition coefficient (Wildman–Crippen LogP) is 3.11. The third-order valence-corrected chi connectivity index (χ3v) is 3.51. The zero-order chi connectivity index (χ0) is 12.6. The summed E-state index contributed by atoms with van der Waals surface area (Å²) in [6.45, 7) is 0.251. The lowest BCUT2D eigenvalue weighted by Crippen LogP contribution is -2.25. The molecule has 1 aromatic rings. The van der Waals surface area contributed by atoms with Gasteiger partial charge in [0, 0.05) is 18.0 Å². The molecule has 0 bridgehead atoms. The van der Waals surface area contributed by atoms with Crippen molar-refractivity contribution in [1.82, 2.24) is 0 Å². The van der Waals surface area contributed by atoms with E-state index in [1.54, 1.807) is 18.2 Å². The van der Waals surface area contributed by atoms with Gasteiger partial charge in [-0.25, -0.2) is 0 Å². The van der Waals surface area contributed by atoms with E-state index in [2.05, 4.69) is 0 Å². The van der Waals surface area contributed by atoms with Crippen molar-refractivity contribution in [1.29, 1.82) is 0 Å². The van der Waals surface area contributed by atoms with Crippen LogP contribution >= 0.6 is 34.8 Å². The topological polar surface area (TPSA) is 37.4 Å². The molecule has 17 heavy (non-hydrogen) atoms. The fraction of sp³-hybridized carbons (Fsp3) is 0.273. The molecular formula is C11H8Cl3NO2. The maximum absolute atomic E-state index is 11.8. The number of halogens is 3. The number of carbonyl (C=O) groups excluding carboxylic acids is 2. The summed E-state index contributed by atoms with van der Waals surface area (Å²) in [5, 5.41) is 0.405. The van der Waals surface area contributed by atoms with Crippen molar-refractivity contribution in [2.75, 3.05) is 11.4 Å². The van der Waals surface area contributed by atoms with Crippen LogP contribution in [-0.4, -0.2) is 17.7 Å². The Morgan fingerprint density at radius 3 is 2.65 bits per heavy atom. The summed E-state index contributed by atoms with van der Waals surface area (Å²) in [4.78, 5) is 24.3. The lowest BCUT2D eigenvalue weighted by molar-refractivity contribution is -0.120. The number of amides is 1. The lowest BCUT2D eigenvalue weighted by Gasteiger charge is -2.17. The fourth-order valence-electron chi connectivity index (χ4n) is 1.79. The number of benzene rings is 1. The minimum Gasteiger partial charge on any atom is -0.310 e. The zero-order valence-electron chi connectivity index (χ0n) is 8.62. The monoisotopic (exact) mass is 291 g/mol. The number of nitrogens with zero attached hydrogens (tertiary/aromatic N) is 1. The summed E-state index contributed by atoms with van der Waals surface area (Å²) in [6, 6.07) is 4.85. The molecule has 2 rings (SSSR count). The van der Waals surface area contributed by atoms with Crippen LogP contribution in [0.4, 0.5) is 5.69 Å². The zero-order valence-corrected chi connectivity index (χ0v) is 10.9. The van der Waals surface area contributed by atoms with Gasteiger partial charge in [-0.15, -0.1) is 0 Å². The van der Waals surface area contributed by atoms with Crippen LogP contribution in [0.5, 0.6) is 0 Å². The van der Waals surface area contributed by atoms with Crippen LogP contribution < -0.4 is 4.90 Å². The Kier molecular flexibility index (Phi) is 3.61. The van der Waals surface area contributed by atoms with Crippen molar-refractivity contribution in [3.8, 4) is 0 Å². The highest BCUT2D eigenvalue weighted by molar-refractivity contribution is 6.64. The number of carbonyl (C=O) groups is 2. The summed E-state index contributed by atoms with van der Waals surface area (Å²) in [6.07, 6.45) is 0.116. The quantitative estimate of drug-likeness (QED) is 0.785. The van der Waals surface area contributed by atoms with Crippen LogP contribution in [0.3, 0.4) is 0 Å². The Morgan fingerprint density at radius 2 is 2.06 bits per heavy atom. The molecule has 0 saturated carbocycles. The molecule has 3 nitrogen and oxygen atoms in total. The van der Waals surface area contributed by atoms with Crippen LogP contribution in [0.1, 0.15) is 6.42 Å². The molecule has 1 aliphatic heterocycles. The Morgan fingerprint density at radius 1 is 1.35 bits per heavy atom. The normalized spacial score (nSPS) is 19.8. The van der Waals surface area contributed by atoms with Crippen LogP contribution in [0.25, 0.3) is 0 Å². The summed E-state index contributed by atoms with van der Waals surface area (Å²) < 4.78 is 0. The van der Waals surface area contributed by atoms with E-state index in [0.29, 0.717) is 15.7 Å². The molecule has 1 aromatic carbocycles. The molecule has 0 radical (unpaired) electrons. The second-order valence-corrected chi connectivity index (χ2v) is 5.02. The second kappa shape index (κ2) is 4.84. The van der Waals surface area contributed by atoms with Gasteiger partial charge in [-0.05, 0) is 29.8 Å². The van der Waals surface area contributed by atoms with Gasteiger partial charge in [0.1, 0.15) is 0 Å². The van der Waals surface area contributed by atoms with Gasteiger partial charge in [-0.3, -0.25) is 9.59 Å². The van der Waals surface area contributed by atoms with Crippen LogP contribution in [0.2, 0.25) is 10.0 Å². The van der Waals surface area contributed by atoms with E-state index in [9.17, 15) is 9.59 Å². The van der Waals surface area contributed by atoms with E-state index in [1.807, 2.05) is 0 Å². The molecule has 0 unspecified atom stereocenters. The van der Waals surface area contributed by atoms with Gasteiger partial charge in [0.2, 0.25) is 11.1 Å². The Balaban J connectivity index is 2.32. The van der Waals surface area contributed by atoms with Crippen molar-refractivity contribution < 1.29 is 9.59 Å². The molecule has 90 valence electrons. The van der Waals surface area contributed by atoms with E-state index in [4.69, 9.17) is 34.8 Å². The number of hydrogen-bond acceptors (Lipinski definition) is 2. The van der Waals surface area contributed by atoms with E-state index in [1.165, 1.54) is 4.90 Å². The first kappa shape index (κ1) is 12.7. The Bertz CT molecular complexity index is 490. The standard InChI is InChI=1S/C11H8Cl3NO2/c12-7-1-2-8(13)9(4-7)15-5-6(11(14)17)3-10(15)16/h1-2,4,6H,3,5H2/t6-/m0/s1. The van der Waals surface area contributed by atoms with Crippen LogP contribution in [-0.2, 0) is 9.59 Å². The van der Waals surface area contributed by atoms with Crippen molar-refractivity contribution in [3.05, 3.63) is 28.2 Å². The highest BCUT2D eigenvalue weighted by Crippen LogP contribution is 2.33. The summed E-state index contributed by atoms with van der Waals surface area (Å²) in [7, 11) is 0. The van der Waals surface area contributed by atoms with Gasteiger partial charge in [0.25, 0.3) is 0 Å². The van der Waals surface area contributed by atoms with Gasteiger partial charge in [0.05, 0.1) is 16.6 Å². The van der Waals surface area contributed by atoms with Gasteiger partial charge in [0.15, 0.2) is 0 Å². The Hall–Kier alpha value is -0.770. The fourth-order valence-corrected chi connectivity index (χ4v) is 2.32. The van der Waals surface area contributed by atoms with E-state index in [0.717, 1.165) is 0 Å². The smallest absolute Gasteiger partial charge is 0.227 e. The van der Waals surface area contributed by atoms with Gasteiger partial charge >= 0.3 is 0 Å². The molecule has 0 aromatic heterocycles. The van der Waals surface area contributed by atoms with Crippen LogP contribution in [0, 0.1) is 5.92 Å². The summed E-state index contributed by atoms with van der Waals surface area (Å²) in [5.74, 6) is -0.646. The average Bonchev–Trinajstić information content (AvgIpc) is 2.64. The van der Waals surface area contributed by atoms with E-state index < -0.39 is 11.2 Å². The number of rotatable bonds is 2.